The topological polar surface area (TPSA) is 99.7 Å². The largest absolute Gasteiger partial charge is 0.444 e. The molecule has 32 heavy (non-hydrogen) atoms. The monoisotopic (exact) mass is 433 g/mol. The van der Waals surface area contributed by atoms with Gasteiger partial charge in [0.15, 0.2) is 5.82 Å². The van der Waals surface area contributed by atoms with E-state index in [2.05, 4.69) is 21.1 Å². The van der Waals surface area contributed by atoms with Crippen LogP contribution < -0.4 is 4.90 Å². The highest BCUT2D eigenvalue weighted by Gasteiger charge is 2.30. The van der Waals surface area contributed by atoms with E-state index in [1.54, 1.807) is 40.1 Å². The third-order valence-electron chi connectivity index (χ3n) is 5.49. The number of amides is 1. The predicted molar refractivity (Wildman–Crippen MR) is 120 cm³/mol. The molecule has 0 aliphatic carbocycles. The van der Waals surface area contributed by atoms with Crippen LogP contribution in [0.5, 0.6) is 0 Å². The second-order valence-electron chi connectivity index (χ2n) is 8.99. The molecule has 0 spiro atoms. The van der Waals surface area contributed by atoms with Crippen molar-refractivity contribution >= 4 is 17.4 Å². The molecule has 9 nitrogen and oxygen atoms in total. The van der Waals surface area contributed by atoms with E-state index in [0.29, 0.717) is 24.5 Å². The SMILES string of the molecule is CN(c1ccnc(-c2cnn3ccc(C#N)cc23)n1)C1CCCN(C(=O)OC(C)(C)C)C1. The summed E-state index contributed by atoms with van der Waals surface area (Å²) in [4.78, 5) is 25.6. The highest BCUT2D eigenvalue weighted by atomic mass is 16.6. The molecule has 1 atom stereocenters. The Hall–Kier alpha value is -3.67. The van der Waals surface area contributed by atoms with Crippen LogP contribution in [-0.2, 0) is 4.74 Å². The number of hydrogen-bond donors (Lipinski definition) is 0. The molecule has 3 aromatic rings. The fraction of sp³-hybridized carbons (Fsp3) is 0.435. The van der Waals surface area contributed by atoms with Gasteiger partial charge >= 0.3 is 6.09 Å². The lowest BCUT2D eigenvalue weighted by Crippen LogP contribution is -2.50. The number of likely N-dealkylation sites (N-methyl/N-ethyl adjacent to an activating group) is 1. The molecule has 4 heterocycles. The maximum Gasteiger partial charge on any atom is 0.410 e. The minimum Gasteiger partial charge on any atom is -0.444 e. The lowest BCUT2D eigenvalue weighted by Gasteiger charge is -2.38. The Morgan fingerprint density at radius 2 is 2.16 bits per heavy atom. The number of ether oxygens (including phenoxy) is 1. The van der Waals surface area contributed by atoms with Crippen molar-refractivity contribution in [3.63, 3.8) is 0 Å². The van der Waals surface area contributed by atoms with E-state index in [1.807, 2.05) is 33.9 Å². The molecule has 1 amide bonds. The first kappa shape index (κ1) is 21.6. The molecule has 1 aliphatic rings. The number of aromatic nitrogens is 4. The first-order valence-corrected chi connectivity index (χ1v) is 10.7. The van der Waals surface area contributed by atoms with E-state index < -0.39 is 5.60 Å². The average Bonchev–Trinajstić information content (AvgIpc) is 3.21. The number of rotatable bonds is 3. The summed E-state index contributed by atoms with van der Waals surface area (Å²) < 4.78 is 7.25. The summed E-state index contributed by atoms with van der Waals surface area (Å²) in [5, 5.41) is 13.6. The number of nitrogens with zero attached hydrogens (tertiary/aromatic N) is 7. The molecule has 0 radical (unpaired) electrons. The Labute approximate surface area is 187 Å². The summed E-state index contributed by atoms with van der Waals surface area (Å²) in [5.41, 5.74) is 1.57. The Balaban J connectivity index is 1.56. The van der Waals surface area contributed by atoms with Crippen LogP contribution in [0.2, 0.25) is 0 Å². The van der Waals surface area contributed by atoms with Gasteiger partial charge in [0.05, 0.1) is 28.9 Å². The van der Waals surface area contributed by atoms with Crippen molar-refractivity contribution < 1.29 is 9.53 Å². The van der Waals surface area contributed by atoms with Crippen LogP contribution in [0, 0.1) is 11.3 Å². The third-order valence-corrected chi connectivity index (χ3v) is 5.49. The Morgan fingerprint density at radius 1 is 1.34 bits per heavy atom. The lowest BCUT2D eigenvalue weighted by atomic mass is 10.0. The fourth-order valence-electron chi connectivity index (χ4n) is 3.85. The fourth-order valence-corrected chi connectivity index (χ4v) is 3.85. The Bertz CT molecular complexity index is 1180. The van der Waals surface area contributed by atoms with E-state index in [4.69, 9.17) is 9.72 Å². The summed E-state index contributed by atoms with van der Waals surface area (Å²) in [5.74, 6) is 1.31. The van der Waals surface area contributed by atoms with Gasteiger partial charge in [-0.25, -0.2) is 19.3 Å². The molecule has 0 N–H and O–H groups in total. The van der Waals surface area contributed by atoms with Gasteiger partial charge in [-0.2, -0.15) is 10.4 Å². The van der Waals surface area contributed by atoms with Crippen LogP contribution in [0.3, 0.4) is 0 Å². The van der Waals surface area contributed by atoms with Crippen molar-refractivity contribution in [1.29, 1.82) is 5.26 Å². The minimum absolute atomic E-state index is 0.119. The van der Waals surface area contributed by atoms with Crippen LogP contribution in [0.15, 0.2) is 36.8 Å². The average molecular weight is 434 g/mol. The van der Waals surface area contributed by atoms with Gasteiger partial charge in [-0.1, -0.05) is 0 Å². The molecule has 0 saturated carbocycles. The third kappa shape index (κ3) is 4.49. The lowest BCUT2D eigenvalue weighted by molar-refractivity contribution is 0.0199. The van der Waals surface area contributed by atoms with Crippen molar-refractivity contribution in [1.82, 2.24) is 24.5 Å². The Morgan fingerprint density at radius 3 is 2.91 bits per heavy atom. The molecule has 9 heteroatoms. The van der Waals surface area contributed by atoms with E-state index >= 15 is 0 Å². The molecular formula is C23H27N7O2. The maximum atomic E-state index is 12.5. The number of likely N-dealkylation sites (tertiary alicyclic amines) is 1. The van der Waals surface area contributed by atoms with Gasteiger partial charge in [-0.05, 0) is 51.8 Å². The molecule has 1 unspecified atom stereocenters. The smallest absolute Gasteiger partial charge is 0.410 e. The van der Waals surface area contributed by atoms with Gasteiger partial charge in [0.1, 0.15) is 11.4 Å². The van der Waals surface area contributed by atoms with Crippen LogP contribution in [0.1, 0.15) is 39.2 Å². The molecule has 1 fully saturated rings. The van der Waals surface area contributed by atoms with Gasteiger partial charge in [-0.3, -0.25) is 0 Å². The van der Waals surface area contributed by atoms with Crippen LogP contribution in [-0.4, -0.2) is 62.4 Å². The first-order chi connectivity index (χ1) is 15.2. The molecule has 1 saturated heterocycles. The number of fused-ring (bicyclic) bond motifs is 1. The van der Waals surface area contributed by atoms with Gasteiger partial charge in [0.25, 0.3) is 0 Å². The number of carbonyl (C=O) groups excluding carboxylic acids is 1. The van der Waals surface area contributed by atoms with Crippen molar-refractivity contribution in [2.24, 2.45) is 0 Å². The van der Waals surface area contributed by atoms with Crippen molar-refractivity contribution in [2.45, 2.75) is 45.3 Å². The molecule has 0 aromatic carbocycles. The first-order valence-electron chi connectivity index (χ1n) is 10.7. The van der Waals surface area contributed by atoms with E-state index in [-0.39, 0.29) is 12.1 Å². The summed E-state index contributed by atoms with van der Waals surface area (Å²) in [6.07, 6.45) is 6.76. The predicted octanol–water partition coefficient (Wildman–Crippen LogP) is 3.50. The molecule has 1 aliphatic heterocycles. The number of nitriles is 1. The van der Waals surface area contributed by atoms with Gasteiger partial charge in [-0.15, -0.1) is 0 Å². The van der Waals surface area contributed by atoms with Crippen molar-refractivity contribution in [2.75, 3.05) is 25.0 Å². The highest BCUT2D eigenvalue weighted by Crippen LogP contribution is 2.26. The van der Waals surface area contributed by atoms with Crippen LogP contribution in [0.4, 0.5) is 10.6 Å². The summed E-state index contributed by atoms with van der Waals surface area (Å²) in [6.45, 7) is 6.90. The minimum atomic E-state index is -0.517. The van der Waals surface area contributed by atoms with E-state index in [9.17, 15) is 10.1 Å². The normalized spacial score (nSPS) is 16.6. The second-order valence-corrected chi connectivity index (χ2v) is 8.99. The summed E-state index contributed by atoms with van der Waals surface area (Å²) in [6, 6.07) is 7.63. The standard InChI is InChI=1S/C23H27N7O2/c1-23(2,3)32-22(31)29-10-5-6-17(15-29)28(4)20-7-9-25-21(27-20)18-14-26-30-11-8-16(13-24)12-19(18)30/h7-9,11-12,14,17H,5-6,10,15H2,1-4H3. The van der Waals surface area contributed by atoms with Crippen molar-refractivity contribution in [3.05, 3.63) is 42.4 Å². The van der Waals surface area contributed by atoms with Gasteiger partial charge < -0.3 is 14.5 Å². The highest BCUT2D eigenvalue weighted by molar-refractivity contribution is 5.77. The number of hydrogen-bond acceptors (Lipinski definition) is 7. The quantitative estimate of drug-likeness (QED) is 0.623. The maximum absolute atomic E-state index is 12.5. The number of piperidine rings is 1. The zero-order valence-electron chi connectivity index (χ0n) is 18.8. The molecular weight excluding hydrogens is 406 g/mol. The van der Waals surface area contributed by atoms with E-state index in [0.717, 1.165) is 29.7 Å². The summed E-state index contributed by atoms with van der Waals surface area (Å²) >= 11 is 0. The van der Waals surface area contributed by atoms with Crippen molar-refractivity contribution in [3.8, 4) is 17.5 Å². The van der Waals surface area contributed by atoms with Crippen LogP contribution >= 0.6 is 0 Å². The zero-order chi connectivity index (χ0) is 22.9. The molecule has 166 valence electrons. The Kier molecular flexibility index (Phi) is 5.70. The van der Waals surface area contributed by atoms with Crippen LogP contribution in [0.25, 0.3) is 16.9 Å². The number of carbonyl (C=O) groups is 1. The molecule has 3 aromatic heterocycles. The second kappa shape index (κ2) is 8.46. The zero-order valence-corrected chi connectivity index (χ0v) is 18.8. The van der Waals surface area contributed by atoms with E-state index in [1.165, 1.54) is 0 Å². The summed E-state index contributed by atoms with van der Waals surface area (Å²) in [7, 11) is 1.99. The number of anilines is 1. The molecule has 0 bridgehead atoms. The van der Waals surface area contributed by atoms with Gasteiger partial charge in [0.2, 0.25) is 0 Å². The van der Waals surface area contributed by atoms with Gasteiger partial charge in [0, 0.05) is 38.6 Å². The molecule has 4 rings (SSSR count). The number of pyridine rings is 1.